The summed E-state index contributed by atoms with van der Waals surface area (Å²) in [5, 5.41) is 11.6. The van der Waals surface area contributed by atoms with E-state index in [1.54, 1.807) is 0 Å². The van der Waals surface area contributed by atoms with E-state index in [-0.39, 0.29) is 0 Å². The first-order valence-electron chi connectivity index (χ1n) is 30.5. The van der Waals surface area contributed by atoms with Crippen molar-refractivity contribution in [2.24, 2.45) is 0 Å². The highest BCUT2D eigenvalue weighted by molar-refractivity contribution is 6.22. The number of nitrogens with zero attached hydrogens (tertiary/aromatic N) is 1. The zero-order chi connectivity index (χ0) is 58.5. The Morgan fingerprint density at radius 1 is 0.191 bits per heavy atom. The number of hydrogen-bond donors (Lipinski definition) is 0. The predicted octanol–water partition coefficient (Wildman–Crippen LogP) is 24.2. The third-order valence-corrected chi connectivity index (χ3v) is 18.3. The number of rotatable bonds is 9. The number of fused-ring (bicyclic) bond motifs is 11. The monoisotopic (exact) mass is 1130 g/mol. The summed E-state index contributed by atoms with van der Waals surface area (Å²) in [6.07, 6.45) is 0. The normalized spacial score (nSPS) is 11.8. The van der Waals surface area contributed by atoms with Gasteiger partial charge in [0.25, 0.3) is 0 Å². The molecule has 18 rings (SSSR count). The average Bonchev–Trinajstić information content (AvgIpc) is 1.82. The molecular weight excluding hydrogens is 1080 g/mol. The van der Waals surface area contributed by atoms with Gasteiger partial charge in [-0.15, -0.1) is 0 Å². The third-order valence-electron chi connectivity index (χ3n) is 18.3. The third kappa shape index (κ3) is 8.35. The standard InChI is InChI=1S/C86H53NO2/c1-4-21-54(22-5-1)57-27-18-29-61(45-57)73-50-64(52-77-67-33-14-16-39-81(67)88-85(73)77)59-41-43-79-75(48-59)76-49-60(65-51-74(86-78(53-65)68-34-15-17-40-82(68)89-86)62-30-19-28-58(46-62)55-23-6-2-7-24-55)42-44-80(76)87(79)66-32-20-31-63(47-66)84-71-37-12-10-35-69(71)83(56-25-8-3-9-26-56)70-36-11-13-38-72(70)84/h1-53H. The van der Waals surface area contributed by atoms with Crippen LogP contribution in [-0.4, -0.2) is 4.57 Å². The Hall–Kier alpha value is -11.8. The Labute approximate surface area is 513 Å². The van der Waals surface area contributed by atoms with Crippen LogP contribution in [0, 0.1) is 0 Å². The van der Waals surface area contributed by atoms with E-state index in [9.17, 15) is 0 Å². The zero-order valence-electron chi connectivity index (χ0n) is 48.4. The van der Waals surface area contributed by atoms with Crippen LogP contribution in [0.4, 0.5) is 0 Å². The molecule has 0 aliphatic heterocycles. The van der Waals surface area contributed by atoms with Gasteiger partial charge in [0.1, 0.15) is 22.3 Å². The van der Waals surface area contributed by atoms with E-state index in [1.165, 1.54) is 49.4 Å². The molecule has 0 amide bonds. The first-order chi connectivity index (χ1) is 44.1. The van der Waals surface area contributed by atoms with Crippen molar-refractivity contribution in [1.82, 2.24) is 4.57 Å². The van der Waals surface area contributed by atoms with Gasteiger partial charge < -0.3 is 13.4 Å². The average molecular weight is 1130 g/mol. The van der Waals surface area contributed by atoms with Crippen molar-refractivity contribution < 1.29 is 8.83 Å². The molecule has 0 fully saturated rings. The van der Waals surface area contributed by atoms with E-state index in [2.05, 4.69) is 326 Å². The molecule has 0 aliphatic rings. The van der Waals surface area contributed by atoms with Gasteiger partial charge in [-0.25, -0.2) is 0 Å². The van der Waals surface area contributed by atoms with Crippen molar-refractivity contribution in [1.29, 1.82) is 0 Å². The lowest BCUT2D eigenvalue weighted by Crippen LogP contribution is -1.96. The van der Waals surface area contributed by atoms with Crippen molar-refractivity contribution in [2.75, 3.05) is 0 Å². The number of aromatic nitrogens is 1. The molecular formula is C86H53NO2. The van der Waals surface area contributed by atoms with Crippen LogP contribution in [-0.2, 0) is 0 Å². The summed E-state index contributed by atoms with van der Waals surface area (Å²) in [6.45, 7) is 0. The lowest BCUT2D eigenvalue weighted by Gasteiger charge is -2.18. The van der Waals surface area contributed by atoms with Crippen LogP contribution in [0.1, 0.15) is 0 Å². The van der Waals surface area contributed by atoms with Crippen LogP contribution in [0.3, 0.4) is 0 Å². The summed E-state index contributed by atoms with van der Waals surface area (Å²) < 4.78 is 16.1. The van der Waals surface area contributed by atoms with Crippen molar-refractivity contribution in [3.63, 3.8) is 0 Å². The molecule has 0 aliphatic carbocycles. The predicted molar refractivity (Wildman–Crippen MR) is 374 cm³/mol. The molecule has 0 saturated carbocycles. The zero-order valence-corrected chi connectivity index (χ0v) is 48.4. The molecule has 0 bridgehead atoms. The fraction of sp³-hybridized carbons (Fsp3) is 0. The maximum absolute atomic E-state index is 6.82. The summed E-state index contributed by atoms with van der Waals surface area (Å²) in [5.41, 5.74) is 25.1. The second-order valence-corrected chi connectivity index (χ2v) is 23.4. The van der Waals surface area contributed by atoms with Crippen molar-refractivity contribution in [3.05, 3.63) is 322 Å². The smallest absolute Gasteiger partial charge is 0.143 e. The Morgan fingerprint density at radius 2 is 0.539 bits per heavy atom. The number of benzene rings is 15. The molecule has 3 nitrogen and oxygen atoms in total. The van der Waals surface area contributed by atoms with Gasteiger partial charge in [0.2, 0.25) is 0 Å². The van der Waals surface area contributed by atoms with E-state index in [0.29, 0.717) is 0 Å². The van der Waals surface area contributed by atoms with Crippen molar-refractivity contribution >= 4 is 87.2 Å². The van der Waals surface area contributed by atoms with Gasteiger partial charge in [0, 0.05) is 49.1 Å². The first kappa shape index (κ1) is 50.5. The summed E-state index contributed by atoms with van der Waals surface area (Å²) >= 11 is 0. The van der Waals surface area contributed by atoms with E-state index in [0.717, 1.165) is 133 Å². The highest BCUT2D eigenvalue weighted by atomic mass is 16.3. The Morgan fingerprint density at radius 3 is 1.01 bits per heavy atom. The lowest BCUT2D eigenvalue weighted by atomic mass is 9.86. The van der Waals surface area contributed by atoms with Gasteiger partial charge in [-0.2, -0.15) is 0 Å². The van der Waals surface area contributed by atoms with Crippen LogP contribution in [0.25, 0.3) is 182 Å². The maximum atomic E-state index is 6.82. The Kier molecular flexibility index (Phi) is 11.6. The quantitative estimate of drug-likeness (QED) is 0.135. The molecule has 18 aromatic rings. The van der Waals surface area contributed by atoms with Gasteiger partial charge in [-0.05, 0) is 184 Å². The van der Waals surface area contributed by atoms with Gasteiger partial charge in [-0.3, -0.25) is 0 Å². The van der Waals surface area contributed by atoms with Gasteiger partial charge in [-0.1, -0.05) is 237 Å². The topological polar surface area (TPSA) is 31.2 Å². The minimum atomic E-state index is 0.871. The highest BCUT2D eigenvalue weighted by Crippen LogP contribution is 2.48. The molecule has 3 aromatic heterocycles. The maximum Gasteiger partial charge on any atom is 0.143 e. The molecule has 89 heavy (non-hydrogen) atoms. The van der Waals surface area contributed by atoms with E-state index in [1.807, 2.05) is 0 Å². The minimum absolute atomic E-state index is 0.871. The van der Waals surface area contributed by atoms with E-state index in [4.69, 9.17) is 8.83 Å². The second-order valence-electron chi connectivity index (χ2n) is 23.4. The first-order valence-corrected chi connectivity index (χ1v) is 30.5. The van der Waals surface area contributed by atoms with Crippen LogP contribution in [0.15, 0.2) is 330 Å². The molecule has 15 aromatic carbocycles. The fourth-order valence-electron chi connectivity index (χ4n) is 14.2. The fourth-order valence-corrected chi connectivity index (χ4v) is 14.2. The molecule has 0 saturated heterocycles. The molecule has 3 heterocycles. The summed E-state index contributed by atoms with van der Waals surface area (Å²) in [5.74, 6) is 0. The SMILES string of the molecule is c1ccc(-c2cccc(-c3cc(-c4ccc5c(c4)c4cc(-c6cc(-c7cccc(-c8ccccc8)c7)c7oc8ccccc8c7c6)ccc4n5-c4cccc(-c5c6ccccc6c(-c6ccccc6)c6ccccc56)c4)cc4c3oc3ccccc34)c2)cc1. The van der Waals surface area contributed by atoms with Gasteiger partial charge in [0.05, 0.1) is 11.0 Å². The summed E-state index contributed by atoms with van der Waals surface area (Å²) in [6, 6.07) is 117. The van der Waals surface area contributed by atoms with Gasteiger partial charge in [0.15, 0.2) is 0 Å². The van der Waals surface area contributed by atoms with Crippen LogP contribution in [0.5, 0.6) is 0 Å². The Balaban J connectivity index is 0.870. The Bertz CT molecular complexity index is 5530. The van der Waals surface area contributed by atoms with Crippen LogP contribution in [0.2, 0.25) is 0 Å². The molecule has 414 valence electrons. The van der Waals surface area contributed by atoms with E-state index < -0.39 is 0 Å². The summed E-state index contributed by atoms with van der Waals surface area (Å²) in [7, 11) is 0. The molecule has 0 unspecified atom stereocenters. The van der Waals surface area contributed by atoms with Crippen LogP contribution >= 0.6 is 0 Å². The lowest BCUT2D eigenvalue weighted by molar-refractivity contribution is 0.669. The highest BCUT2D eigenvalue weighted by Gasteiger charge is 2.23. The van der Waals surface area contributed by atoms with Crippen molar-refractivity contribution in [2.45, 2.75) is 0 Å². The van der Waals surface area contributed by atoms with E-state index >= 15 is 0 Å². The molecule has 0 atom stereocenters. The largest absolute Gasteiger partial charge is 0.455 e. The van der Waals surface area contributed by atoms with Gasteiger partial charge >= 0.3 is 0 Å². The summed E-state index contributed by atoms with van der Waals surface area (Å²) in [4.78, 5) is 0. The molecule has 0 N–H and O–H groups in total. The number of para-hydroxylation sites is 2. The molecule has 0 radical (unpaired) electrons. The molecule has 0 spiro atoms. The number of furan rings is 2. The number of hydrogen-bond acceptors (Lipinski definition) is 2. The molecule has 3 heteroatoms. The second kappa shape index (κ2) is 20.4. The van der Waals surface area contributed by atoms with Crippen molar-refractivity contribution in [3.8, 4) is 94.7 Å². The minimum Gasteiger partial charge on any atom is -0.455 e. The van der Waals surface area contributed by atoms with Crippen LogP contribution < -0.4 is 0 Å².